The largest absolute Gasteiger partial charge is 0.386 e. The number of hydrogen-bond acceptors (Lipinski definition) is 3. The molecule has 1 aliphatic heterocycles. The number of piperidine rings is 1. The van der Waals surface area contributed by atoms with Crippen LogP contribution in [0.3, 0.4) is 0 Å². The molecule has 0 aromatic rings. The van der Waals surface area contributed by atoms with Crippen LogP contribution in [0.2, 0.25) is 0 Å². The van der Waals surface area contributed by atoms with Crippen LogP contribution in [-0.2, 0) is 4.74 Å². The van der Waals surface area contributed by atoms with E-state index in [4.69, 9.17) is 15.9 Å². The van der Waals surface area contributed by atoms with E-state index in [0.29, 0.717) is 5.92 Å². The molecule has 1 heterocycles. The number of hydrogen-bond donors (Lipinski definition) is 2. The molecule has 1 fully saturated rings. The number of ether oxygens (including phenoxy) is 1. The maximum atomic E-state index is 7.56. The Bertz CT molecular complexity index is 220. The zero-order chi connectivity index (χ0) is 11.4. The lowest BCUT2D eigenvalue weighted by Gasteiger charge is -2.39. The molecule has 0 aromatic heterocycles. The van der Waals surface area contributed by atoms with E-state index in [1.54, 1.807) is 7.11 Å². The Labute approximate surface area is 92.3 Å². The van der Waals surface area contributed by atoms with Crippen molar-refractivity contribution in [2.45, 2.75) is 38.8 Å². The number of rotatable bonds is 4. The molecule has 3 unspecified atom stereocenters. The fraction of sp³-hybridized carbons (Fsp3) is 0.909. The van der Waals surface area contributed by atoms with Crippen LogP contribution in [0, 0.1) is 11.3 Å². The van der Waals surface area contributed by atoms with E-state index in [0.717, 1.165) is 25.9 Å². The molecule has 88 valence electrons. The fourth-order valence-corrected chi connectivity index (χ4v) is 2.32. The standard InChI is InChI=1S/C11H23N3O/c1-4-9(11(12)13)14-6-5-8(2)10(7-14)15-3/h8-10H,4-7H2,1-3H3,(H3,12,13). The van der Waals surface area contributed by atoms with Crippen molar-refractivity contribution in [1.82, 2.24) is 4.90 Å². The molecule has 0 aliphatic carbocycles. The monoisotopic (exact) mass is 213 g/mol. The second kappa shape index (κ2) is 5.47. The van der Waals surface area contributed by atoms with Crippen molar-refractivity contribution in [2.75, 3.05) is 20.2 Å². The van der Waals surface area contributed by atoms with Gasteiger partial charge in [-0.05, 0) is 25.3 Å². The minimum absolute atomic E-state index is 0.0927. The summed E-state index contributed by atoms with van der Waals surface area (Å²) in [6, 6.07) is 0.0927. The van der Waals surface area contributed by atoms with Gasteiger partial charge in [-0.1, -0.05) is 13.8 Å². The highest BCUT2D eigenvalue weighted by Crippen LogP contribution is 2.21. The lowest BCUT2D eigenvalue weighted by Crippen LogP contribution is -2.52. The summed E-state index contributed by atoms with van der Waals surface area (Å²) in [4.78, 5) is 2.27. The average Bonchev–Trinajstić information content (AvgIpc) is 2.21. The maximum Gasteiger partial charge on any atom is 0.108 e. The van der Waals surface area contributed by atoms with E-state index in [-0.39, 0.29) is 18.0 Å². The van der Waals surface area contributed by atoms with Gasteiger partial charge in [0.05, 0.1) is 12.1 Å². The van der Waals surface area contributed by atoms with Gasteiger partial charge >= 0.3 is 0 Å². The summed E-state index contributed by atoms with van der Waals surface area (Å²) in [6.07, 6.45) is 2.31. The smallest absolute Gasteiger partial charge is 0.108 e. The maximum absolute atomic E-state index is 7.56. The highest BCUT2D eigenvalue weighted by Gasteiger charge is 2.30. The Morgan fingerprint density at radius 1 is 1.67 bits per heavy atom. The number of amidine groups is 1. The molecule has 1 aliphatic rings. The second-order valence-electron chi connectivity index (χ2n) is 4.41. The molecule has 3 N–H and O–H groups in total. The summed E-state index contributed by atoms with van der Waals surface area (Å²) >= 11 is 0. The number of nitrogens with two attached hydrogens (primary N) is 1. The molecule has 4 nitrogen and oxygen atoms in total. The number of nitrogens with one attached hydrogen (secondary N) is 1. The van der Waals surface area contributed by atoms with Gasteiger partial charge < -0.3 is 10.5 Å². The Morgan fingerprint density at radius 3 is 2.80 bits per heavy atom. The summed E-state index contributed by atoms with van der Waals surface area (Å²) in [5.74, 6) is 0.887. The van der Waals surface area contributed by atoms with Crippen LogP contribution >= 0.6 is 0 Å². The summed E-state index contributed by atoms with van der Waals surface area (Å²) < 4.78 is 5.46. The molecule has 0 bridgehead atoms. The van der Waals surface area contributed by atoms with Crippen LogP contribution in [0.5, 0.6) is 0 Å². The topological polar surface area (TPSA) is 62.3 Å². The van der Waals surface area contributed by atoms with Gasteiger partial charge in [0.2, 0.25) is 0 Å². The fourth-order valence-electron chi connectivity index (χ4n) is 2.32. The van der Waals surface area contributed by atoms with E-state index in [9.17, 15) is 0 Å². The zero-order valence-corrected chi connectivity index (χ0v) is 9.99. The van der Waals surface area contributed by atoms with Gasteiger partial charge in [0, 0.05) is 13.7 Å². The van der Waals surface area contributed by atoms with Crippen molar-refractivity contribution < 1.29 is 4.74 Å². The van der Waals surface area contributed by atoms with Crippen molar-refractivity contribution >= 4 is 5.84 Å². The van der Waals surface area contributed by atoms with Gasteiger partial charge in [-0.15, -0.1) is 0 Å². The predicted octanol–water partition coefficient (Wildman–Crippen LogP) is 1.06. The molecule has 0 spiro atoms. The molecular weight excluding hydrogens is 190 g/mol. The number of nitrogens with zero attached hydrogens (tertiary/aromatic N) is 1. The van der Waals surface area contributed by atoms with E-state index in [1.165, 1.54) is 0 Å². The second-order valence-corrected chi connectivity index (χ2v) is 4.41. The Hall–Kier alpha value is -0.610. The first kappa shape index (κ1) is 12.5. The molecule has 1 saturated heterocycles. The molecule has 15 heavy (non-hydrogen) atoms. The van der Waals surface area contributed by atoms with Gasteiger partial charge in [-0.25, -0.2) is 0 Å². The molecule has 1 rings (SSSR count). The van der Waals surface area contributed by atoms with Crippen LogP contribution in [0.15, 0.2) is 0 Å². The Balaban J connectivity index is 2.60. The van der Waals surface area contributed by atoms with E-state index < -0.39 is 0 Å². The van der Waals surface area contributed by atoms with Crippen molar-refractivity contribution in [3.63, 3.8) is 0 Å². The lowest BCUT2D eigenvalue weighted by atomic mass is 9.94. The Kier molecular flexibility index (Phi) is 4.54. The van der Waals surface area contributed by atoms with Crippen LogP contribution in [-0.4, -0.2) is 43.1 Å². The van der Waals surface area contributed by atoms with Crippen molar-refractivity contribution in [3.8, 4) is 0 Å². The predicted molar refractivity (Wildman–Crippen MR) is 62.1 cm³/mol. The summed E-state index contributed by atoms with van der Waals surface area (Å²) in [5, 5.41) is 7.56. The zero-order valence-electron chi connectivity index (χ0n) is 9.99. The first-order valence-corrected chi connectivity index (χ1v) is 5.70. The van der Waals surface area contributed by atoms with Crippen LogP contribution in [0.25, 0.3) is 0 Å². The van der Waals surface area contributed by atoms with E-state index >= 15 is 0 Å². The molecule has 0 aromatic carbocycles. The third-order valence-corrected chi connectivity index (χ3v) is 3.41. The van der Waals surface area contributed by atoms with Gasteiger partial charge in [0.25, 0.3) is 0 Å². The average molecular weight is 213 g/mol. The van der Waals surface area contributed by atoms with Gasteiger partial charge in [0.1, 0.15) is 5.84 Å². The molecule has 0 saturated carbocycles. The molecule has 0 radical (unpaired) electrons. The number of methoxy groups -OCH3 is 1. The first-order chi connectivity index (χ1) is 7.10. The lowest BCUT2D eigenvalue weighted by molar-refractivity contribution is -0.0113. The van der Waals surface area contributed by atoms with E-state index in [1.807, 2.05) is 0 Å². The highest BCUT2D eigenvalue weighted by atomic mass is 16.5. The van der Waals surface area contributed by atoms with Crippen molar-refractivity contribution in [3.05, 3.63) is 0 Å². The normalized spacial score (nSPS) is 30.1. The van der Waals surface area contributed by atoms with Crippen molar-refractivity contribution in [2.24, 2.45) is 11.7 Å². The van der Waals surface area contributed by atoms with Crippen molar-refractivity contribution in [1.29, 1.82) is 5.41 Å². The van der Waals surface area contributed by atoms with E-state index in [2.05, 4.69) is 18.7 Å². The minimum atomic E-state index is 0.0927. The van der Waals surface area contributed by atoms with Gasteiger partial charge in [-0.3, -0.25) is 10.3 Å². The van der Waals surface area contributed by atoms with Crippen LogP contribution in [0.1, 0.15) is 26.7 Å². The SMILES string of the molecule is CCC(C(=N)N)N1CCC(C)C(OC)C1. The third-order valence-electron chi connectivity index (χ3n) is 3.41. The summed E-state index contributed by atoms with van der Waals surface area (Å²) in [5.41, 5.74) is 5.60. The third kappa shape index (κ3) is 2.92. The van der Waals surface area contributed by atoms with Crippen LogP contribution < -0.4 is 5.73 Å². The van der Waals surface area contributed by atoms with Gasteiger partial charge in [-0.2, -0.15) is 0 Å². The number of likely N-dealkylation sites (tertiary alicyclic amines) is 1. The van der Waals surface area contributed by atoms with Gasteiger partial charge in [0.15, 0.2) is 0 Å². The minimum Gasteiger partial charge on any atom is -0.386 e. The van der Waals surface area contributed by atoms with Crippen LogP contribution in [0.4, 0.5) is 0 Å². The first-order valence-electron chi connectivity index (χ1n) is 5.70. The molecule has 3 atom stereocenters. The quantitative estimate of drug-likeness (QED) is 0.542. The summed E-state index contributed by atoms with van der Waals surface area (Å²) in [6.45, 7) is 6.22. The molecule has 0 amide bonds. The molecular formula is C11H23N3O. The molecule has 4 heteroatoms. The highest BCUT2D eigenvalue weighted by molar-refractivity contribution is 5.82. The summed E-state index contributed by atoms with van der Waals surface area (Å²) in [7, 11) is 1.76. The Morgan fingerprint density at radius 2 is 2.33 bits per heavy atom.